The van der Waals surface area contributed by atoms with Crippen molar-refractivity contribution in [3.8, 4) is 0 Å². The van der Waals surface area contributed by atoms with Gasteiger partial charge in [-0.25, -0.2) is 4.68 Å². The molecule has 2 N–H and O–H groups in total. The molecule has 0 aromatic carbocycles. The summed E-state index contributed by atoms with van der Waals surface area (Å²) in [4.78, 5) is 0. The Kier molecular flexibility index (Phi) is 3.50. The number of nitrogens with two attached hydrogens (primary N) is 1. The summed E-state index contributed by atoms with van der Waals surface area (Å²) in [6.45, 7) is 7.08. The van der Waals surface area contributed by atoms with Crippen molar-refractivity contribution in [3.05, 3.63) is 10.2 Å². The summed E-state index contributed by atoms with van der Waals surface area (Å²) in [6, 6.07) is 0.346. The minimum Gasteiger partial charge on any atom is -0.383 e. The minimum absolute atomic E-state index is 0.0400. The Morgan fingerprint density at radius 3 is 2.88 bits per heavy atom. The monoisotopic (exact) mass is 301 g/mol. The van der Waals surface area contributed by atoms with Gasteiger partial charge in [-0.15, -0.1) is 0 Å². The van der Waals surface area contributed by atoms with Crippen molar-refractivity contribution in [2.75, 3.05) is 12.3 Å². The van der Waals surface area contributed by atoms with E-state index in [2.05, 4.69) is 34.9 Å². The van der Waals surface area contributed by atoms with Gasteiger partial charge in [0.15, 0.2) is 0 Å². The van der Waals surface area contributed by atoms with E-state index in [1.165, 1.54) is 0 Å². The van der Waals surface area contributed by atoms with Crippen molar-refractivity contribution in [1.29, 1.82) is 0 Å². The lowest BCUT2D eigenvalue weighted by atomic mass is 9.90. The molecule has 1 aliphatic rings. The molecular formula is C12H20BrN3O. The molecule has 0 aliphatic carbocycles. The van der Waals surface area contributed by atoms with E-state index >= 15 is 0 Å². The van der Waals surface area contributed by atoms with Gasteiger partial charge in [0.05, 0.1) is 21.8 Å². The maximum atomic E-state index is 6.08. The van der Waals surface area contributed by atoms with Gasteiger partial charge in [0.25, 0.3) is 0 Å². The van der Waals surface area contributed by atoms with Crippen molar-refractivity contribution >= 4 is 21.7 Å². The van der Waals surface area contributed by atoms with Crippen molar-refractivity contribution < 1.29 is 4.74 Å². The van der Waals surface area contributed by atoms with Crippen molar-refractivity contribution in [2.45, 2.75) is 51.7 Å². The highest BCUT2D eigenvalue weighted by atomic mass is 79.9. The zero-order chi connectivity index (χ0) is 12.6. The van der Waals surface area contributed by atoms with Gasteiger partial charge in [0.1, 0.15) is 5.82 Å². The number of anilines is 1. The molecule has 1 saturated heterocycles. The summed E-state index contributed by atoms with van der Waals surface area (Å²) in [6.07, 6.45) is 2.97. The lowest BCUT2D eigenvalue weighted by molar-refractivity contribution is -0.0851. The summed E-state index contributed by atoms with van der Waals surface area (Å²) in [5.74, 6) is 0.729. The van der Waals surface area contributed by atoms with Crippen molar-refractivity contribution in [2.24, 2.45) is 0 Å². The second-order valence-corrected chi connectivity index (χ2v) is 5.82. The molecule has 0 spiro atoms. The zero-order valence-electron chi connectivity index (χ0n) is 10.7. The van der Waals surface area contributed by atoms with Gasteiger partial charge in [-0.1, -0.05) is 6.92 Å². The van der Waals surface area contributed by atoms with Crippen LogP contribution in [-0.4, -0.2) is 22.0 Å². The quantitative estimate of drug-likeness (QED) is 0.913. The zero-order valence-corrected chi connectivity index (χ0v) is 12.2. The number of nitrogen functional groups attached to an aromatic ring is 1. The lowest BCUT2D eigenvalue weighted by Gasteiger charge is -2.38. The maximum Gasteiger partial charge on any atom is 0.136 e. The number of halogens is 1. The van der Waals surface area contributed by atoms with Crippen LogP contribution in [0, 0.1) is 6.92 Å². The van der Waals surface area contributed by atoms with Gasteiger partial charge in [-0.05, 0) is 49.0 Å². The second kappa shape index (κ2) is 4.61. The molecule has 96 valence electrons. The van der Waals surface area contributed by atoms with Crippen LogP contribution in [0.15, 0.2) is 4.47 Å². The molecule has 0 saturated carbocycles. The van der Waals surface area contributed by atoms with Gasteiger partial charge < -0.3 is 10.5 Å². The van der Waals surface area contributed by atoms with Gasteiger partial charge in [-0.3, -0.25) is 0 Å². The van der Waals surface area contributed by atoms with Gasteiger partial charge in [0.2, 0.25) is 0 Å². The van der Waals surface area contributed by atoms with Gasteiger partial charge >= 0.3 is 0 Å². The topological polar surface area (TPSA) is 53.1 Å². The van der Waals surface area contributed by atoms with Crippen molar-refractivity contribution in [3.63, 3.8) is 0 Å². The highest BCUT2D eigenvalue weighted by Gasteiger charge is 2.34. The van der Waals surface area contributed by atoms with E-state index in [9.17, 15) is 0 Å². The molecular weight excluding hydrogens is 282 g/mol. The Labute approximate surface area is 111 Å². The number of rotatable bonds is 2. The predicted molar refractivity (Wildman–Crippen MR) is 72.0 cm³/mol. The smallest absolute Gasteiger partial charge is 0.136 e. The number of ether oxygens (including phenoxy) is 1. The first kappa shape index (κ1) is 12.9. The lowest BCUT2D eigenvalue weighted by Crippen LogP contribution is -2.37. The third-order valence-electron chi connectivity index (χ3n) is 3.71. The van der Waals surface area contributed by atoms with E-state index in [0.29, 0.717) is 6.04 Å². The Hall–Kier alpha value is -0.550. The largest absolute Gasteiger partial charge is 0.383 e. The summed E-state index contributed by atoms with van der Waals surface area (Å²) in [5, 5.41) is 4.52. The molecule has 17 heavy (non-hydrogen) atoms. The number of hydrogen-bond donors (Lipinski definition) is 1. The standard InChI is InChI=1S/C12H20BrN3O/c1-4-12(3)7-9(5-6-17-12)16-11(14)10(13)8(2)15-16/h9H,4-7,14H2,1-3H3. The fraction of sp³-hybridized carbons (Fsp3) is 0.750. The number of aromatic nitrogens is 2. The molecule has 4 nitrogen and oxygen atoms in total. The normalized spacial score (nSPS) is 29.5. The Morgan fingerprint density at radius 1 is 1.65 bits per heavy atom. The van der Waals surface area contributed by atoms with Crippen LogP contribution >= 0.6 is 15.9 Å². The molecule has 0 bridgehead atoms. The first-order valence-electron chi connectivity index (χ1n) is 6.11. The summed E-state index contributed by atoms with van der Waals surface area (Å²) >= 11 is 3.47. The molecule has 1 fully saturated rings. The molecule has 5 heteroatoms. The van der Waals surface area contributed by atoms with E-state index in [1.807, 2.05) is 11.6 Å². The van der Waals surface area contributed by atoms with Crippen LogP contribution in [0.5, 0.6) is 0 Å². The average molecular weight is 302 g/mol. The van der Waals surface area contributed by atoms with Gasteiger partial charge in [-0.2, -0.15) is 5.10 Å². The van der Waals surface area contributed by atoms with Crippen LogP contribution in [-0.2, 0) is 4.74 Å². The van der Waals surface area contributed by atoms with Crippen LogP contribution < -0.4 is 5.73 Å². The first-order valence-corrected chi connectivity index (χ1v) is 6.90. The van der Waals surface area contributed by atoms with Crippen LogP contribution in [0.2, 0.25) is 0 Å². The Morgan fingerprint density at radius 2 is 2.35 bits per heavy atom. The summed E-state index contributed by atoms with van der Waals surface area (Å²) in [7, 11) is 0. The van der Waals surface area contributed by atoms with E-state index in [0.717, 1.165) is 41.9 Å². The highest BCUT2D eigenvalue weighted by molar-refractivity contribution is 9.10. The predicted octanol–water partition coefficient (Wildman–Crippen LogP) is 3.06. The van der Waals surface area contributed by atoms with Gasteiger partial charge in [0, 0.05) is 6.61 Å². The van der Waals surface area contributed by atoms with Crippen LogP contribution in [0.25, 0.3) is 0 Å². The molecule has 2 heterocycles. The van der Waals surface area contributed by atoms with E-state index in [1.54, 1.807) is 0 Å². The molecule has 0 amide bonds. The van der Waals surface area contributed by atoms with Crippen molar-refractivity contribution in [1.82, 2.24) is 9.78 Å². The van der Waals surface area contributed by atoms with E-state index in [-0.39, 0.29) is 5.60 Å². The highest BCUT2D eigenvalue weighted by Crippen LogP contribution is 2.37. The van der Waals surface area contributed by atoms with Crippen LogP contribution in [0.4, 0.5) is 5.82 Å². The molecule has 1 aromatic rings. The molecule has 2 atom stereocenters. The number of hydrogen-bond acceptors (Lipinski definition) is 3. The molecule has 2 unspecified atom stereocenters. The fourth-order valence-electron chi connectivity index (χ4n) is 2.38. The molecule has 2 rings (SSSR count). The third-order valence-corrected chi connectivity index (χ3v) is 4.69. The average Bonchev–Trinajstić information content (AvgIpc) is 2.57. The molecule has 0 radical (unpaired) electrons. The summed E-state index contributed by atoms with van der Waals surface area (Å²) in [5.41, 5.74) is 6.99. The number of aryl methyl sites for hydroxylation is 1. The fourth-order valence-corrected chi connectivity index (χ4v) is 2.64. The number of nitrogens with zero attached hydrogens (tertiary/aromatic N) is 2. The first-order chi connectivity index (χ1) is 7.97. The Balaban J connectivity index is 2.25. The third kappa shape index (κ3) is 2.36. The second-order valence-electron chi connectivity index (χ2n) is 5.03. The maximum absolute atomic E-state index is 6.08. The SMILES string of the molecule is CCC1(C)CC(n2nc(C)c(Br)c2N)CCO1. The van der Waals surface area contributed by atoms with E-state index in [4.69, 9.17) is 10.5 Å². The Bertz CT molecular complexity index is 418. The molecule has 1 aliphatic heterocycles. The van der Waals surface area contributed by atoms with Crippen LogP contribution in [0.1, 0.15) is 44.8 Å². The molecule has 1 aromatic heterocycles. The minimum atomic E-state index is -0.0400. The summed E-state index contributed by atoms with van der Waals surface area (Å²) < 4.78 is 8.72. The van der Waals surface area contributed by atoms with Crippen LogP contribution in [0.3, 0.4) is 0 Å². The van der Waals surface area contributed by atoms with E-state index < -0.39 is 0 Å².